The van der Waals surface area contributed by atoms with Gasteiger partial charge in [-0.2, -0.15) is 13.2 Å². The molecule has 1 atom stereocenters. The van der Waals surface area contributed by atoms with E-state index >= 15 is 0 Å². The lowest BCUT2D eigenvalue weighted by molar-refractivity contribution is -0.137. The van der Waals surface area contributed by atoms with Crippen molar-refractivity contribution in [3.63, 3.8) is 0 Å². The van der Waals surface area contributed by atoms with Crippen molar-refractivity contribution in [1.82, 2.24) is 0 Å². The number of fused-ring (bicyclic) bond motifs is 2. The van der Waals surface area contributed by atoms with Crippen LogP contribution < -0.4 is 19.8 Å². The Bertz CT molecular complexity index is 1890. The van der Waals surface area contributed by atoms with Gasteiger partial charge in [0.05, 0.1) is 29.7 Å². The second-order valence-corrected chi connectivity index (χ2v) is 10.5. The van der Waals surface area contributed by atoms with E-state index in [4.69, 9.17) is 13.9 Å². The van der Waals surface area contributed by atoms with Crippen molar-refractivity contribution >= 4 is 38.5 Å². The molecule has 6 nitrogen and oxygen atoms in total. The molecule has 1 aromatic heterocycles. The zero-order chi connectivity index (χ0) is 29.6. The fourth-order valence-corrected chi connectivity index (χ4v) is 5.43. The molecule has 212 valence electrons. The van der Waals surface area contributed by atoms with Crippen LogP contribution in [0.15, 0.2) is 105 Å². The summed E-state index contributed by atoms with van der Waals surface area (Å²) in [6, 6.07) is 22.5. The SMILES string of the molecule is COc1cc(C2c3c(oc4ccc(Br)cc4c3=O)C(=O)N2c2cccc(C(F)(F)F)c2)ccc1OCc1ccccc1. The molecule has 10 heteroatoms. The molecule has 4 aromatic carbocycles. The Labute approximate surface area is 246 Å². The molecule has 1 aliphatic rings. The maximum absolute atomic E-state index is 13.9. The molecule has 0 aliphatic carbocycles. The molecule has 0 saturated carbocycles. The highest BCUT2D eigenvalue weighted by Gasteiger charge is 2.44. The van der Waals surface area contributed by atoms with E-state index in [2.05, 4.69) is 15.9 Å². The predicted octanol–water partition coefficient (Wildman–Crippen LogP) is 7.91. The van der Waals surface area contributed by atoms with Gasteiger partial charge in [0.1, 0.15) is 12.2 Å². The van der Waals surface area contributed by atoms with Crippen LogP contribution in [0.4, 0.5) is 18.9 Å². The van der Waals surface area contributed by atoms with Crippen molar-refractivity contribution in [2.24, 2.45) is 0 Å². The van der Waals surface area contributed by atoms with Gasteiger partial charge in [0.15, 0.2) is 16.9 Å². The number of anilines is 1. The summed E-state index contributed by atoms with van der Waals surface area (Å²) in [5, 5.41) is 0.224. The van der Waals surface area contributed by atoms with Gasteiger partial charge >= 0.3 is 6.18 Å². The molecule has 6 rings (SSSR count). The largest absolute Gasteiger partial charge is 0.493 e. The molecule has 0 N–H and O–H groups in total. The van der Waals surface area contributed by atoms with Crippen LogP contribution in [0.2, 0.25) is 0 Å². The standard InChI is InChI=1S/C32H21BrF3NO5/c1-40-26-14-19(10-12-25(26)41-17-18-6-3-2-4-7-18)28-27-29(38)23-16-21(33)11-13-24(23)42-30(27)31(39)37(28)22-9-5-8-20(15-22)32(34,35)36/h2-16,28H,17H2,1H3. The minimum atomic E-state index is -4.64. The Balaban J connectivity index is 1.51. The molecular formula is C32H21BrF3NO5. The van der Waals surface area contributed by atoms with E-state index in [1.807, 2.05) is 30.3 Å². The lowest BCUT2D eigenvalue weighted by Crippen LogP contribution is -2.29. The zero-order valence-corrected chi connectivity index (χ0v) is 23.5. The Kier molecular flexibility index (Phi) is 7.02. The van der Waals surface area contributed by atoms with Gasteiger partial charge in [0.2, 0.25) is 5.76 Å². The summed E-state index contributed by atoms with van der Waals surface area (Å²) in [6.07, 6.45) is -4.64. The van der Waals surface area contributed by atoms with Crippen LogP contribution in [0, 0.1) is 0 Å². The topological polar surface area (TPSA) is 69.0 Å². The average Bonchev–Trinajstić information content (AvgIpc) is 3.28. The summed E-state index contributed by atoms with van der Waals surface area (Å²) >= 11 is 3.36. The summed E-state index contributed by atoms with van der Waals surface area (Å²) < 4.78 is 59.1. The van der Waals surface area contributed by atoms with Crippen LogP contribution in [0.3, 0.4) is 0 Å². The molecule has 0 fully saturated rings. The summed E-state index contributed by atoms with van der Waals surface area (Å²) in [5.41, 5.74) is 0.113. The number of hydrogen-bond donors (Lipinski definition) is 0. The highest BCUT2D eigenvalue weighted by molar-refractivity contribution is 9.10. The summed E-state index contributed by atoms with van der Waals surface area (Å²) in [4.78, 5) is 28.9. The normalized spacial score (nSPS) is 14.7. The number of benzene rings is 4. The Morgan fingerprint density at radius 2 is 1.69 bits per heavy atom. The third-order valence-corrected chi connectivity index (χ3v) is 7.52. The molecular weight excluding hydrogens is 615 g/mol. The second kappa shape index (κ2) is 10.7. The van der Waals surface area contributed by atoms with E-state index in [-0.39, 0.29) is 34.6 Å². The van der Waals surface area contributed by atoms with Gasteiger partial charge in [0.25, 0.3) is 5.91 Å². The highest BCUT2D eigenvalue weighted by atomic mass is 79.9. The fourth-order valence-electron chi connectivity index (χ4n) is 5.07. The molecule has 0 saturated heterocycles. The minimum Gasteiger partial charge on any atom is -0.493 e. The number of alkyl halides is 3. The van der Waals surface area contributed by atoms with Gasteiger partial charge in [-0.05, 0) is 59.7 Å². The first-order valence-electron chi connectivity index (χ1n) is 12.8. The van der Waals surface area contributed by atoms with Crippen molar-refractivity contribution in [2.75, 3.05) is 12.0 Å². The van der Waals surface area contributed by atoms with Crippen molar-refractivity contribution in [3.8, 4) is 11.5 Å². The highest BCUT2D eigenvalue weighted by Crippen LogP contribution is 2.44. The quantitative estimate of drug-likeness (QED) is 0.190. The van der Waals surface area contributed by atoms with Gasteiger partial charge in [0, 0.05) is 10.2 Å². The lowest BCUT2D eigenvalue weighted by atomic mass is 9.97. The maximum Gasteiger partial charge on any atom is 0.416 e. The van der Waals surface area contributed by atoms with Crippen LogP contribution in [0.25, 0.3) is 11.0 Å². The summed E-state index contributed by atoms with van der Waals surface area (Å²) in [6.45, 7) is 0.266. The van der Waals surface area contributed by atoms with Crippen LogP contribution in [-0.2, 0) is 12.8 Å². The van der Waals surface area contributed by atoms with E-state index in [0.717, 1.165) is 22.6 Å². The minimum absolute atomic E-state index is 0.0167. The van der Waals surface area contributed by atoms with Crippen LogP contribution in [-0.4, -0.2) is 13.0 Å². The second-order valence-electron chi connectivity index (χ2n) is 9.62. The van der Waals surface area contributed by atoms with E-state index in [9.17, 15) is 22.8 Å². The van der Waals surface area contributed by atoms with Gasteiger partial charge in [-0.3, -0.25) is 14.5 Å². The van der Waals surface area contributed by atoms with Crippen LogP contribution in [0.5, 0.6) is 11.5 Å². The first kappa shape index (κ1) is 27.6. The van der Waals surface area contributed by atoms with Gasteiger partial charge in [-0.15, -0.1) is 0 Å². The third kappa shape index (κ3) is 4.92. The first-order chi connectivity index (χ1) is 20.2. The molecule has 0 spiro atoms. The first-order valence-corrected chi connectivity index (χ1v) is 13.6. The van der Waals surface area contributed by atoms with Crippen molar-refractivity contribution in [3.05, 3.63) is 134 Å². The Hall–Kier alpha value is -4.57. The number of carbonyl (C=O) groups is 1. The molecule has 1 unspecified atom stereocenters. The number of nitrogens with zero attached hydrogens (tertiary/aromatic N) is 1. The molecule has 0 radical (unpaired) electrons. The number of amides is 1. The third-order valence-electron chi connectivity index (χ3n) is 7.02. The van der Waals surface area contributed by atoms with Gasteiger partial charge < -0.3 is 13.9 Å². The van der Waals surface area contributed by atoms with Gasteiger partial charge in [-0.1, -0.05) is 58.4 Å². The molecule has 2 heterocycles. The fraction of sp³-hybridized carbons (Fsp3) is 0.125. The van der Waals surface area contributed by atoms with Gasteiger partial charge in [-0.25, -0.2) is 0 Å². The Morgan fingerprint density at radius 1 is 0.905 bits per heavy atom. The number of halogens is 4. The zero-order valence-electron chi connectivity index (χ0n) is 21.9. The number of rotatable bonds is 6. The molecule has 5 aromatic rings. The predicted molar refractivity (Wildman–Crippen MR) is 154 cm³/mol. The van der Waals surface area contributed by atoms with Crippen molar-refractivity contribution in [2.45, 2.75) is 18.8 Å². The summed E-state index contributed by atoms with van der Waals surface area (Å²) in [5.74, 6) is -0.240. The van der Waals surface area contributed by atoms with E-state index in [1.165, 1.54) is 19.2 Å². The molecule has 1 aliphatic heterocycles. The Morgan fingerprint density at radius 3 is 2.43 bits per heavy atom. The number of ether oxygens (including phenoxy) is 2. The van der Waals surface area contributed by atoms with E-state index in [0.29, 0.717) is 21.5 Å². The van der Waals surface area contributed by atoms with E-state index in [1.54, 1.807) is 36.4 Å². The molecule has 1 amide bonds. The van der Waals surface area contributed by atoms with Crippen LogP contribution >= 0.6 is 15.9 Å². The number of carbonyl (C=O) groups excluding carboxylic acids is 1. The summed E-state index contributed by atoms with van der Waals surface area (Å²) in [7, 11) is 1.45. The molecule has 42 heavy (non-hydrogen) atoms. The van der Waals surface area contributed by atoms with Crippen LogP contribution in [0.1, 0.15) is 38.9 Å². The average molecular weight is 636 g/mol. The molecule has 0 bridgehead atoms. The number of methoxy groups -OCH3 is 1. The maximum atomic E-state index is 13.9. The smallest absolute Gasteiger partial charge is 0.416 e. The van der Waals surface area contributed by atoms with E-state index < -0.39 is 29.1 Å². The van der Waals surface area contributed by atoms with Crippen molar-refractivity contribution in [1.29, 1.82) is 0 Å². The lowest BCUT2D eigenvalue weighted by Gasteiger charge is -2.26. The number of hydrogen-bond acceptors (Lipinski definition) is 5. The van der Waals surface area contributed by atoms with Crippen molar-refractivity contribution < 1.29 is 31.9 Å². The monoisotopic (exact) mass is 635 g/mol.